The highest BCUT2D eigenvalue weighted by molar-refractivity contribution is 9.10. The molecule has 0 aromatic heterocycles. The first-order chi connectivity index (χ1) is 21.0. The maximum Gasteiger partial charge on any atom is 0.358 e. The molecular weight excluding hydrogens is 626 g/mol. The van der Waals surface area contributed by atoms with Gasteiger partial charge in [-0.2, -0.15) is 0 Å². The molecule has 5 nitrogen and oxygen atoms in total. The van der Waals surface area contributed by atoms with E-state index < -0.39 is 17.4 Å². The Morgan fingerprint density at radius 2 is 1.62 bits per heavy atom. The quantitative estimate of drug-likeness (QED) is 0.149. The molecular formula is C39H52BrNO4. The molecule has 6 rings (SSSR count). The fourth-order valence-corrected chi connectivity index (χ4v) is 11.7. The van der Waals surface area contributed by atoms with Crippen molar-refractivity contribution < 1.29 is 19.5 Å². The fraction of sp³-hybridized carbons (Fsp3) is 0.667. The highest BCUT2D eigenvalue weighted by Gasteiger charge is 2.69. The Hall–Kier alpha value is -2.21. The summed E-state index contributed by atoms with van der Waals surface area (Å²) in [7, 11) is 0. The van der Waals surface area contributed by atoms with Crippen molar-refractivity contribution in [2.45, 2.75) is 113 Å². The number of carboxylic acid groups (broad SMARTS) is 1. The van der Waals surface area contributed by atoms with Gasteiger partial charge in [0.15, 0.2) is 0 Å². The van der Waals surface area contributed by atoms with E-state index in [4.69, 9.17) is 4.84 Å². The van der Waals surface area contributed by atoms with Crippen molar-refractivity contribution in [2.24, 2.45) is 55.4 Å². The molecule has 0 amide bonds. The second-order valence-electron chi connectivity index (χ2n) is 17.2. The minimum Gasteiger partial charge on any atom is -0.481 e. The van der Waals surface area contributed by atoms with Crippen molar-refractivity contribution in [1.82, 2.24) is 0 Å². The van der Waals surface area contributed by atoms with Gasteiger partial charge in [-0.25, -0.2) is 4.79 Å². The number of nitrogens with zero attached hydrogens (tertiary/aromatic N) is 1. The monoisotopic (exact) mass is 677 g/mol. The number of benzene rings is 1. The van der Waals surface area contributed by atoms with Gasteiger partial charge in [0.05, 0.1) is 11.1 Å². The number of rotatable bonds is 4. The lowest BCUT2D eigenvalue weighted by Crippen LogP contribution is -2.64. The minimum atomic E-state index is -0.603. The first-order valence-corrected chi connectivity index (χ1v) is 17.9. The summed E-state index contributed by atoms with van der Waals surface area (Å²) in [5.41, 5.74) is 3.03. The third kappa shape index (κ3) is 5.02. The summed E-state index contributed by atoms with van der Waals surface area (Å²) in [4.78, 5) is 31.0. The maximum atomic E-state index is 12.9. The number of carboxylic acids is 1. The largest absolute Gasteiger partial charge is 0.481 e. The number of allylic oxidation sites excluding steroid dienone is 2. The second-order valence-corrected chi connectivity index (χ2v) is 18.1. The Labute approximate surface area is 278 Å². The lowest BCUT2D eigenvalue weighted by molar-refractivity contribution is -0.179. The fourth-order valence-electron chi connectivity index (χ4n) is 11.5. The van der Waals surface area contributed by atoms with E-state index in [0.717, 1.165) is 80.0 Å². The summed E-state index contributed by atoms with van der Waals surface area (Å²) in [6, 6.07) is 7.77. The molecule has 0 saturated heterocycles. The number of carbonyl (C=O) groups is 2. The predicted molar refractivity (Wildman–Crippen MR) is 183 cm³/mol. The van der Waals surface area contributed by atoms with Crippen LogP contribution in [0.2, 0.25) is 0 Å². The molecule has 0 spiro atoms. The smallest absolute Gasteiger partial charge is 0.358 e. The summed E-state index contributed by atoms with van der Waals surface area (Å²) in [6.07, 6.45) is 15.4. The normalized spacial score (nSPS) is 40.8. The molecule has 4 saturated carbocycles. The number of oxime groups is 1. The van der Waals surface area contributed by atoms with Gasteiger partial charge in [0.25, 0.3) is 0 Å². The van der Waals surface area contributed by atoms with Gasteiger partial charge >= 0.3 is 11.9 Å². The molecule has 5 aliphatic rings. The van der Waals surface area contributed by atoms with Crippen LogP contribution in [0.3, 0.4) is 0 Å². The van der Waals surface area contributed by atoms with Crippen LogP contribution in [0.1, 0.15) is 118 Å². The van der Waals surface area contributed by atoms with Gasteiger partial charge in [-0.3, -0.25) is 4.79 Å². The van der Waals surface area contributed by atoms with Crippen LogP contribution < -0.4 is 0 Å². The van der Waals surface area contributed by atoms with Gasteiger partial charge in [-0.1, -0.05) is 93.3 Å². The molecule has 6 heteroatoms. The van der Waals surface area contributed by atoms with Gasteiger partial charge in [0.2, 0.25) is 0 Å². The third-order valence-electron chi connectivity index (χ3n) is 14.4. The van der Waals surface area contributed by atoms with Gasteiger partial charge in [-0.05, 0) is 127 Å². The van der Waals surface area contributed by atoms with Crippen molar-refractivity contribution >= 4 is 39.7 Å². The Kier molecular flexibility index (Phi) is 7.94. The van der Waals surface area contributed by atoms with Crippen LogP contribution in [0.25, 0.3) is 6.08 Å². The standard InChI is InChI=1S/C39H52BrNO4/c1-34(2)20-22-39(33(43)44)23-21-37(6)27(28(39)24-34)13-14-30-36(5)18-17-31(35(3,4)29(36)16-19-38(30,37)7)41-45-32(42)15-10-25-8-11-26(40)12-9-25/h8-13,15,28-30H,14,16-24H2,1-7H3,(H,43,44)/b15-10+,41-31+/t28-,29-,30+,36-,37+,38+,39-/m0/s1. The number of hydrogen-bond acceptors (Lipinski definition) is 4. The van der Waals surface area contributed by atoms with Crippen LogP contribution in [0, 0.1) is 50.2 Å². The van der Waals surface area contributed by atoms with E-state index in [1.54, 1.807) is 6.08 Å². The van der Waals surface area contributed by atoms with E-state index in [1.807, 2.05) is 24.3 Å². The molecule has 0 aliphatic heterocycles. The van der Waals surface area contributed by atoms with Crippen LogP contribution >= 0.6 is 15.9 Å². The molecule has 0 unspecified atom stereocenters. The van der Waals surface area contributed by atoms with Crippen molar-refractivity contribution in [2.75, 3.05) is 0 Å². The molecule has 0 radical (unpaired) electrons. The molecule has 45 heavy (non-hydrogen) atoms. The second kappa shape index (κ2) is 10.9. The summed E-state index contributed by atoms with van der Waals surface area (Å²) in [5.74, 6) is 0.0588. The van der Waals surface area contributed by atoms with Crippen LogP contribution in [0.4, 0.5) is 0 Å². The molecule has 244 valence electrons. The van der Waals surface area contributed by atoms with Gasteiger partial charge in [0, 0.05) is 16.0 Å². The highest BCUT2D eigenvalue weighted by atomic mass is 79.9. The zero-order valence-electron chi connectivity index (χ0n) is 28.3. The van der Waals surface area contributed by atoms with E-state index in [0.29, 0.717) is 11.8 Å². The third-order valence-corrected chi connectivity index (χ3v) is 14.9. The molecule has 5 aliphatic carbocycles. The summed E-state index contributed by atoms with van der Waals surface area (Å²) in [6.45, 7) is 16.9. The van der Waals surface area contributed by atoms with E-state index in [9.17, 15) is 14.7 Å². The average molecular weight is 679 g/mol. The van der Waals surface area contributed by atoms with Crippen molar-refractivity contribution in [3.05, 3.63) is 52.0 Å². The summed E-state index contributed by atoms with van der Waals surface area (Å²) in [5, 5.41) is 15.1. The average Bonchev–Trinajstić information content (AvgIpc) is 2.96. The van der Waals surface area contributed by atoms with Crippen molar-refractivity contribution in [3.63, 3.8) is 0 Å². The topological polar surface area (TPSA) is 76.0 Å². The predicted octanol–water partition coefficient (Wildman–Crippen LogP) is 10.2. The van der Waals surface area contributed by atoms with E-state index >= 15 is 0 Å². The SMILES string of the molecule is CC1(C)CC[C@]2(C(=O)O)CC[C@]3(C)C(=CC[C@@H]4[C@@]5(C)CC/C(=N\OC(=O)/C=C/c6ccc(Br)cc6)C(C)(C)[C@@H]5CC[C@]43C)[C@@H]2C1. The Balaban J connectivity index is 1.25. The lowest BCUT2D eigenvalue weighted by Gasteiger charge is -2.70. The first-order valence-electron chi connectivity index (χ1n) is 17.1. The molecule has 7 atom stereocenters. The molecule has 1 aromatic rings. The molecule has 0 heterocycles. The Bertz CT molecular complexity index is 1470. The molecule has 1 N–H and O–H groups in total. The molecule has 4 fully saturated rings. The number of aliphatic carboxylic acids is 1. The van der Waals surface area contributed by atoms with Gasteiger partial charge < -0.3 is 9.94 Å². The van der Waals surface area contributed by atoms with Crippen molar-refractivity contribution in [1.29, 1.82) is 0 Å². The van der Waals surface area contributed by atoms with Gasteiger partial charge in [0.1, 0.15) is 0 Å². The number of carbonyl (C=O) groups excluding carboxylic acids is 1. The Morgan fingerprint density at radius 3 is 2.31 bits per heavy atom. The first kappa shape index (κ1) is 32.7. The maximum absolute atomic E-state index is 12.9. The Morgan fingerprint density at radius 1 is 0.933 bits per heavy atom. The summed E-state index contributed by atoms with van der Waals surface area (Å²) >= 11 is 3.44. The number of hydrogen-bond donors (Lipinski definition) is 1. The van der Waals surface area contributed by atoms with Gasteiger partial charge in [-0.15, -0.1) is 0 Å². The number of halogens is 1. The number of fused-ring (bicyclic) bond motifs is 7. The highest BCUT2D eigenvalue weighted by Crippen LogP contribution is 2.75. The molecule has 1 aromatic carbocycles. The minimum absolute atomic E-state index is 0.0101. The zero-order chi connectivity index (χ0) is 32.6. The molecule has 0 bridgehead atoms. The van der Waals surface area contributed by atoms with E-state index in [2.05, 4.69) is 75.6 Å². The van der Waals surface area contributed by atoms with Crippen LogP contribution in [-0.4, -0.2) is 22.8 Å². The van der Waals surface area contributed by atoms with Crippen LogP contribution in [0.15, 0.2) is 51.6 Å². The van der Waals surface area contributed by atoms with Crippen molar-refractivity contribution in [3.8, 4) is 0 Å². The van der Waals surface area contributed by atoms with Crippen LogP contribution in [0.5, 0.6) is 0 Å². The summed E-state index contributed by atoms with van der Waals surface area (Å²) < 4.78 is 0.995. The van der Waals surface area contributed by atoms with E-state index in [1.165, 1.54) is 11.6 Å². The van der Waals surface area contributed by atoms with E-state index in [-0.39, 0.29) is 33.0 Å². The lowest BCUT2D eigenvalue weighted by atomic mass is 9.33. The van der Waals surface area contributed by atoms with Crippen LogP contribution in [-0.2, 0) is 14.4 Å². The zero-order valence-corrected chi connectivity index (χ0v) is 29.9.